The zero-order valence-electron chi connectivity index (χ0n) is 9.08. The lowest BCUT2D eigenvalue weighted by Crippen LogP contribution is -2.02. The second-order valence-corrected chi connectivity index (χ2v) is 4.68. The van der Waals surface area contributed by atoms with Crippen molar-refractivity contribution in [2.24, 2.45) is 0 Å². The number of thioether (sulfide) groups is 1. The molecule has 0 aliphatic carbocycles. The second-order valence-electron chi connectivity index (χ2n) is 3.69. The number of hydrogen-bond donors (Lipinski definition) is 1. The number of anilines is 1. The van der Waals surface area contributed by atoms with E-state index in [4.69, 9.17) is 4.74 Å². The van der Waals surface area contributed by atoms with Gasteiger partial charge in [-0.25, -0.2) is 0 Å². The lowest BCUT2D eigenvalue weighted by Gasteiger charge is -2.07. The van der Waals surface area contributed by atoms with Crippen LogP contribution < -0.4 is 10.1 Å². The number of ether oxygens (including phenoxy) is 1. The van der Waals surface area contributed by atoms with Crippen molar-refractivity contribution in [2.75, 3.05) is 30.5 Å². The van der Waals surface area contributed by atoms with Crippen LogP contribution in [-0.2, 0) is 6.42 Å². The molecule has 0 saturated carbocycles. The summed E-state index contributed by atoms with van der Waals surface area (Å²) >= 11 is 1.90. The van der Waals surface area contributed by atoms with Crippen LogP contribution in [0.25, 0.3) is 0 Å². The number of nitrogens with one attached hydrogen (secondary N) is 1. The van der Waals surface area contributed by atoms with Gasteiger partial charge in [-0.05, 0) is 42.2 Å². The van der Waals surface area contributed by atoms with Gasteiger partial charge in [0, 0.05) is 18.7 Å². The molecule has 1 aromatic rings. The molecular weight excluding hydrogens is 206 g/mol. The van der Waals surface area contributed by atoms with Crippen molar-refractivity contribution < 1.29 is 4.74 Å². The molecule has 0 spiro atoms. The normalized spacial score (nSPS) is 13.4. The van der Waals surface area contributed by atoms with E-state index in [2.05, 4.69) is 29.8 Å². The van der Waals surface area contributed by atoms with Gasteiger partial charge in [0.25, 0.3) is 0 Å². The summed E-state index contributed by atoms with van der Waals surface area (Å²) in [6.07, 6.45) is 4.41. The van der Waals surface area contributed by atoms with E-state index in [0.29, 0.717) is 0 Å². The van der Waals surface area contributed by atoms with Crippen molar-refractivity contribution in [3.8, 4) is 5.75 Å². The van der Waals surface area contributed by atoms with Crippen LogP contribution in [-0.4, -0.2) is 25.2 Å². The number of benzene rings is 1. The van der Waals surface area contributed by atoms with E-state index >= 15 is 0 Å². The molecule has 2 nitrogen and oxygen atoms in total. The molecule has 0 saturated heterocycles. The molecule has 1 aromatic carbocycles. The molecule has 0 bridgehead atoms. The van der Waals surface area contributed by atoms with Crippen LogP contribution >= 0.6 is 11.8 Å². The van der Waals surface area contributed by atoms with Crippen molar-refractivity contribution in [2.45, 2.75) is 12.8 Å². The van der Waals surface area contributed by atoms with E-state index < -0.39 is 0 Å². The molecule has 0 amide bonds. The first-order valence-electron chi connectivity index (χ1n) is 5.38. The fourth-order valence-corrected chi connectivity index (χ4v) is 2.18. The van der Waals surface area contributed by atoms with Crippen LogP contribution in [0, 0.1) is 0 Å². The van der Waals surface area contributed by atoms with E-state index in [1.165, 1.54) is 23.4 Å². The van der Waals surface area contributed by atoms with Gasteiger partial charge in [-0.1, -0.05) is 0 Å². The third-order valence-electron chi connectivity index (χ3n) is 2.54. The average molecular weight is 223 g/mol. The highest BCUT2D eigenvalue weighted by Crippen LogP contribution is 2.27. The summed E-state index contributed by atoms with van der Waals surface area (Å²) in [5, 5.41) is 3.44. The minimum atomic E-state index is 0.839. The topological polar surface area (TPSA) is 21.3 Å². The largest absolute Gasteiger partial charge is 0.493 e. The molecule has 0 atom stereocenters. The Morgan fingerprint density at radius 3 is 3.27 bits per heavy atom. The third kappa shape index (κ3) is 2.81. The third-order valence-corrected chi connectivity index (χ3v) is 3.24. The maximum Gasteiger partial charge on any atom is 0.122 e. The summed E-state index contributed by atoms with van der Waals surface area (Å²) < 4.78 is 5.47. The highest BCUT2D eigenvalue weighted by atomic mass is 32.2. The Balaban J connectivity index is 1.87. The Bertz CT molecular complexity index is 327. The Labute approximate surface area is 95.4 Å². The summed E-state index contributed by atoms with van der Waals surface area (Å²) in [5.74, 6) is 2.28. The molecule has 1 aliphatic heterocycles. The molecule has 0 fully saturated rings. The van der Waals surface area contributed by atoms with Gasteiger partial charge < -0.3 is 10.1 Å². The highest BCUT2D eigenvalue weighted by molar-refractivity contribution is 7.98. The first-order chi connectivity index (χ1) is 7.40. The summed E-state index contributed by atoms with van der Waals surface area (Å²) in [4.78, 5) is 0. The van der Waals surface area contributed by atoms with Gasteiger partial charge in [0.05, 0.1) is 6.61 Å². The van der Waals surface area contributed by atoms with Crippen LogP contribution in [0.15, 0.2) is 18.2 Å². The zero-order valence-corrected chi connectivity index (χ0v) is 9.90. The molecule has 1 N–H and O–H groups in total. The van der Waals surface area contributed by atoms with Crippen molar-refractivity contribution in [3.63, 3.8) is 0 Å². The van der Waals surface area contributed by atoms with Crippen LogP contribution in [0.5, 0.6) is 5.75 Å². The Morgan fingerprint density at radius 2 is 2.40 bits per heavy atom. The van der Waals surface area contributed by atoms with E-state index in [1.54, 1.807) is 0 Å². The van der Waals surface area contributed by atoms with E-state index in [0.717, 1.165) is 25.3 Å². The summed E-state index contributed by atoms with van der Waals surface area (Å²) in [6.45, 7) is 1.89. The quantitative estimate of drug-likeness (QED) is 0.776. The predicted molar refractivity (Wildman–Crippen MR) is 67.1 cm³/mol. The maximum absolute atomic E-state index is 5.47. The molecule has 3 heteroatoms. The van der Waals surface area contributed by atoms with Crippen molar-refractivity contribution in [1.29, 1.82) is 0 Å². The van der Waals surface area contributed by atoms with E-state index in [9.17, 15) is 0 Å². The van der Waals surface area contributed by atoms with Gasteiger partial charge in [0.1, 0.15) is 5.75 Å². The van der Waals surface area contributed by atoms with Crippen LogP contribution in [0.2, 0.25) is 0 Å². The molecule has 1 heterocycles. The summed E-state index contributed by atoms with van der Waals surface area (Å²) in [7, 11) is 0. The number of rotatable bonds is 5. The monoisotopic (exact) mass is 223 g/mol. The molecule has 15 heavy (non-hydrogen) atoms. The Hall–Kier alpha value is -0.830. The fraction of sp³-hybridized carbons (Fsp3) is 0.500. The first kappa shape index (κ1) is 10.7. The molecule has 1 aliphatic rings. The highest BCUT2D eigenvalue weighted by Gasteiger charge is 2.11. The smallest absolute Gasteiger partial charge is 0.122 e. The van der Waals surface area contributed by atoms with Gasteiger partial charge in [0.15, 0.2) is 0 Å². The standard InChI is InChI=1S/C12H17NOS/c1-15-8-2-6-13-11-3-4-12-10(9-11)5-7-14-12/h3-4,9,13H,2,5-8H2,1H3. The maximum atomic E-state index is 5.47. The molecule has 2 rings (SSSR count). The summed E-state index contributed by atoms with van der Waals surface area (Å²) in [5.41, 5.74) is 2.56. The van der Waals surface area contributed by atoms with Crippen LogP contribution in [0.1, 0.15) is 12.0 Å². The minimum absolute atomic E-state index is 0.839. The number of hydrogen-bond acceptors (Lipinski definition) is 3. The summed E-state index contributed by atoms with van der Waals surface area (Å²) in [6, 6.07) is 6.38. The van der Waals surface area contributed by atoms with E-state index in [-0.39, 0.29) is 0 Å². The lowest BCUT2D eigenvalue weighted by molar-refractivity contribution is 0.357. The van der Waals surface area contributed by atoms with Crippen molar-refractivity contribution >= 4 is 17.4 Å². The number of fused-ring (bicyclic) bond motifs is 1. The molecular formula is C12H17NOS. The lowest BCUT2D eigenvalue weighted by atomic mass is 10.1. The Kier molecular flexibility index (Phi) is 3.78. The van der Waals surface area contributed by atoms with Gasteiger partial charge in [-0.2, -0.15) is 11.8 Å². The Morgan fingerprint density at radius 1 is 1.47 bits per heavy atom. The van der Waals surface area contributed by atoms with Gasteiger partial charge in [-0.3, -0.25) is 0 Å². The molecule has 0 radical (unpaired) electrons. The van der Waals surface area contributed by atoms with Crippen LogP contribution in [0.4, 0.5) is 5.69 Å². The molecule has 82 valence electrons. The van der Waals surface area contributed by atoms with Gasteiger partial charge >= 0.3 is 0 Å². The van der Waals surface area contributed by atoms with E-state index in [1.807, 2.05) is 11.8 Å². The second kappa shape index (κ2) is 5.31. The van der Waals surface area contributed by atoms with Crippen molar-refractivity contribution in [1.82, 2.24) is 0 Å². The van der Waals surface area contributed by atoms with Crippen LogP contribution in [0.3, 0.4) is 0 Å². The van der Waals surface area contributed by atoms with Crippen molar-refractivity contribution in [3.05, 3.63) is 23.8 Å². The van der Waals surface area contributed by atoms with Gasteiger partial charge in [0.2, 0.25) is 0 Å². The molecule has 0 unspecified atom stereocenters. The average Bonchev–Trinajstić information content (AvgIpc) is 2.71. The SMILES string of the molecule is CSCCCNc1ccc2c(c1)CCO2. The fourth-order valence-electron chi connectivity index (χ4n) is 1.75. The minimum Gasteiger partial charge on any atom is -0.493 e. The predicted octanol–water partition coefficient (Wildman–Crippen LogP) is 2.79. The first-order valence-corrected chi connectivity index (χ1v) is 6.78. The van der Waals surface area contributed by atoms with Gasteiger partial charge in [-0.15, -0.1) is 0 Å². The molecule has 0 aromatic heterocycles. The zero-order chi connectivity index (χ0) is 10.5.